The summed E-state index contributed by atoms with van der Waals surface area (Å²) in [6.45, 7) is 11.0. The molecule has 8 rings (SSSR count). The van der Waals surface area contributed by atoms with Crippen molar-refractivity contribution in [1.29, 1.82) is 0 Å². The maximum absolute atomic E-state index is 13.8. The molecule has 6 fully saturated rings. The minimum Gasteiger partial charge on any atom is -0.489 e. The Bertz CT molecular complexity index is 1260. The number of nitrogens with two attached hydrogens (primary N) is 1. The van der Waals surface area contributed by atoms with Gasteiger partial charge in [-0.2, -0.15) is 0 Å². The molecular weight excluding hydrogens is 658 g/mol. The van der Waals surface area contributed by atoms with E-state index in [0.717, 1.165) is 36.8 Å². The van der Waals surface area contributed by atoms with E-state index in [9.17, 15) is 25.2 Å². The predicted octanol–water partition coefficient (Wildman–Crippen LogP) is 2.77. The lowest BCUT2D eigenvalue weighted by atomic mass is 9.81. The van der Waals surface area contributed by atoms with Gasteiger partial charge in [0, 0.05) is 51.7 Å². The van der Waals surface area contributed by atoms with E-state index in [1.165, 1.54) is 6.08 Å². The molecule has 12 heteroatoms. The van der Waals surface area contributed by atoms with Crippen molar-refractivity contribution in [3.05, 3.63) is 36.1 Å². The van der Waals surface area contributed by atoms with E-state index in [1.807, 2.05) is 0 Å². The van der Waals surface area contributed by atoms with Crippen LogP contribution in [0, 0.1) is 11.8 Å². The summed E-state index contributed by atoms with van der Waals surface area (Å²) in [5, 5.41) is 43.3. The van der Waals surface area contributed by atoms with E-state index >= 15 is 0 Å². The number of carbonyl (C=O) groups is 1. The first-order chi connectivity index (χ1) is 24.4. The molecule has 8 aliphatic rings. The standard InChI is InChI=1S/C39H61NO11/c1-20-11-27-7-9-32-21(2)12-26(47-32)6-5-23(41)15-30(44)36-17-31(45)39-33(50-36)10-8-28(49-39)13-24(42)14-29-35(18-34(48-27)22(20)3)51-37(38(29)46-4)16-25(43)19-40/h17,20,23,25-35,37-39,41,43-45H,2-3,5-16,18-19,40H2,1,4H3/t20-,23-,25+,26+,27+,28-,29+,30-,31-,32+,33+,34?,35+,37-,38-,39-/m1/s1. The van der Waals surface area contributed by atoms with Crippen LogP contribution in [0.15, 0.2) is 36.1 Å². The highest BCUT2D eigenvalue weighted by Crippen LogP contribution is 2.42. The third-order valence-corrected chi connectivity index (χ3v) is 12.2. The van der Waals surface area contributed by atoms with Gasteiger partial charge in [0.15, 0.2) is 0 Å². The average Bonchev–Trinajstić information content (AvgIpc) is 3.61. The van der Waals surface area contributed by atoms with Crippen molar-refractivity contribution in [2.24, 2.45) is 17.6 Å². The minimum absolute atomic E-state index is 0.00114. The van der Waals surface area contributed by atoms with Gasteiger partial charge < -0.3 is 54.6 Å². The number of aliphatic hydroxyl groups excluding tert-OH is 4. The first-order valence-electron chi connectivity index (χ1n) is 19.3. The van der Waals surface area contributed by atoms with Gasteiger partial charge in [0.2, 0.25) is 0 Å². The Morgan fingerprint density at radius 1 is 0.882 bits per heavy atom. The summed E-state index contributed by atoms with van der Waals surface area (Å²) in [5.41, 5.74) is 7.83. The van der Waals surface area contributed by atoms with Crippen LogP contribution in [0.4, 0.5) is 0 Å². The van der Waals surface area contributed by atoms with Gasteiger partial charge in [0.1, 0.15) is 36.0 Å². The van der Waals surface area contributed by atoms with Crippen molar-refractivity contribution in [2.45, 2.75) is 176 Å². The second-order valence-corrected chi connectivity index (χ2v) is 16.0. The summed E-state index contributed by atoms with van der Waals surface area (Å²) in [4.78, 5) is 13.8. The Kier molecular flexibility index (Phi) is 13.1. The second kappa shape index (κ2) is 17.2. The quantitative estimate of drug-likeness (QED) is 0.269. The van der Waals surface area contributed by atoms with E-state index in [2.05, 4.69) is 20.1 Å². The van der Waals surface area contributed by atoms with Crippen LogP contribution in [0.2, 0.25) is 0 Å². The van der Waals surface area contributed by atoms with Gasteiger partial charge in [-0.25, -0.2) is 0 Å². The molecule has 1 unspecified atom stereocenters. The van der Waals surface area contributed by atoms with E-state index in [-0.39, 0.29) is 79.7 Å². The molecule has 0 amide bonds. The highest BCUT2D eigenvalue weighted by Gasteiger charge is 2.48. The number of hydrogen-bond donors (Lipinski definition) is 5. The number of aliphatic hydroxyl groups is 4. The van der Waals surface area contributed by atoms with Crippen LogP contribution in [0.5, 0.6) is 0 Å². The summed E-state index contributed by atoms with van der Waals surface area (Å²) in [6.07, 6.45) is 1.22. The molecule has 6 N–H and O–H groups in total. The summed E-state index contributed by atoms with van der Waals surface area (Å²) in [7, 11) is 1.61. The molecule has 0 aromatic heterocycles. The molecule has 8 bridgehead atoms. The molecule has 0 saturated carbocycles. The molecule has 51 heavy (non-hydrogen) atoms. The third kappa shape index (κ3) is 9.33. The van der Waals surface area contributed by atoms with Crippen molar-refractivity contribution in [3.8, 4) is 0 Å². The van der Waals surface area contributed by atoms with Gasteiger partial charge in [-0.15, -0.1) is 0 Å². The summed E-state index contributed by atoms with van der Waals surface area (Å²) in [5.74, 6) is 0.198. The lowest BCUT2D eigenvalue weighted by Gasteiger charge is -2.42. The average molecular weight is 720 g/mol. The summed E-state index contributed by atoms with van der Waals surface area (Å²) < 4.78 is 38.1. The van der Waals surface area contributed by atoms with Gasteiger partial charge in [0.05, 0.1) is 61.0 Å². The van der Waals surface area contributed by atoms with E-state index < -0.39 is 54.9 Å². The van der Waals surface area contributed by atoms with Gasteiger partial charge in [-0.05, 0) is 74.5 Å². The largest absolute Gasteiger partial charge is 0.489 e. The number of rotatable bonds is 4. The lowest BCUT2D eigenvalue weighted by Crippen LogP contribution is -2.50. The molecule has 0 spiro atoms. The van der Waals surface area contributed by atoms with Crippen molar-refractivity contribution in [1.82, 2.24) is 0 Å². The topological polar surface area (TPSA) is 179 Å². The molecule has 288 valence electrons. The Labute approximate surface area is 302 Å². The maximum atomic E-state index is 13.8. The normalized spacial score (nSPS) is 45.0. The number of methoxy groups -OCH3 is 1. The predicted molar refractivity (Wildman–Crippen MR) is 187 cm³/mol. The number of ketones is 1. The molecule has 0 aromatic rings. The van der Waals surface area contributed by atoms with E-state index in [0.29, 0.717) is 38.5 Å². The van der Waals surface area contributed by atoms with Gasteiger partial charge in [0.25, 0.3) is 0 Å². The number of carbonyl (C=O) groups excluding carboxylic acids is 1. The second-order valence-electron chi connectivity index (χ2n) is 16.0. The molecule has 0 aliphatic carbocycles. The maximum Gasteiger partial charge on any atom is 0.135 e. The molecule has 6 saturated heterocycles. The van der Waals surface area contributed by atoms with Crippen LogP contribution >= 0.6 is 0 Å². The Hall–Kier alpha value is -1.71. The van der Waals surface area contributed by atoms with Crippen LogP contribution in [0.3, 0.4) is 0 Å². The molecule has 8 heterocycles. The number of Topliss-reactive ketones (excluding diaryl/α,β-unsaturated/α-hetero) is 1. The van der Waals surface area contributed by atoms with E-state index in [4.69, 9.17) is 34.2 Å². The Morgan fingerprint density at radius 3 is 2.37 bits per heavy atom. The summed E-state index contributed by atoms with van der Waals surface area (Å²) in [6, 6.07) is 0. The molecule has 16 atom stereocenters. The van der Waals surface area contributed by atoms with Gasteiger partial charge in [-0.3, -0.25) is 4.79 Å². The first-order valence-corrected chi connectivity index (χ1v) is 19.3. The Balaban J connectivity index is 1.22. The Morgan fingerprint density at radius 2 is 1.61 bits per heavy atom. The summed E-state index contributed by atoms with van der Waals surface area (Å²) >= 11 is 0. The van der Waals surface area contributed by atoms with Crippen LogP contribution in [-0.2, 0) is 33.2 Å². The molecule has 8 aliphatic heterocycles. The first kappa shape index (κ1) is 39.0. The van der Waals surface area contributed by atoms with Crippen molar-refractivity contribution >= 4 is 5.78 Å². The van der Waals surface area contributed by atoms with Crippen LogP contribution in [-0.4, -0.2) is 125 Å². The molecule has 0 radical (unpaired) electrons. The fraction of sp³-hybridized carbons (Fsp3) is 0.821. The van der Waals surface area contributed by atoms with Crippen molar-refractivity contribution in [2.75, 3.05) is 13.7 Å². The van der Waals surface area contributed by atoms with Crippen LogP contribution in [0.1, 0.15) is 90.4 Å². The van der Waals surface area contributed by atoms with Crippen molar-refractivity contribution in [3.63, 3.8) is 0 Å². The molecule has 0 aromatic carbocycles. The SMILES string of the molecule is C=C1C2C[C@@H]3O[C@H](C[C@H](O)CN)[C@H](OC)[C@H]3CC(=O)C[C@H]3CC[C@@H]4OC(=C[C@@H](O)[C@H]4O3)[C@H](O)C[C@H](O)CC[C@H]3CC(=C)[C@H](CC[C@@H](C[C@H]1C)O2)O3. The van der Waals surface area contributed by atoms with E-state index in [1.54, 1.807) is 7.11 Å². The number of fused-ring (bicyclic) bond motifs is 2. The highest BCUT2D eigenvalue weighted by molar-refractivity contribution is 5.79. The zero-order chi connectivity index (χ0) is 36.4. The minimum atomic E-state index is -1.07. The zero-order valence-corrected chi connectivity index (χ0v) is 30.4. The fourth-order valence-electron chi connectivity index (χ4n) is 9.28. The molecular formula is C39H61NO11. The lowest BCUT2D eigenvalue weighted by molar-refractivity contribution is -0.176. The van der Waals surface area contributed by atoms with Crippen molar-refractivity contribution < 1.29 is 53.6 Å². The number of ether oxygens (including phenoxy) is 6. The molecule has 12 nitrogen and oxygen atoms in total. The fourth-order valence-corrected chi connectivity index (χ4v) is 9.28. The van der Waals surface area contributed by atoms with Gasteiger partial charge in [-0.1, -0.05) is 20.1 Å². The number of hydrogen-bond acceptors (Lipinski definition) is 12. The van der Waals surface area contributed by atoms with Gasteiger partial charge >= 0.3 is 0 Å². The monoisotopic (exact) mass is 719 g/mol. The van der Waals surface area contributed by atoms with Crippen LogP contribution in [0.25, 0.3) is 0 Å². The smallest absolute Gasteiger partial charge is 0.135 e. The van der Waals surface area contributed by atoms with Crippen LogP contribution < -0.4 is 5.73 Å². The third-order valence-electron chi connectivity index (χ3n) is 12.2. The highest BCUT2D eigenvalue weighted by atomic mass is 16.6. The zero-order valence-electron chi connectivity index (χ0n) is 30.4.